The first kappa shape index (κ1) is 14.5. The average molecular weight is 287 g/mol. The second kappa shape index (κ2) is 8.27. The highest BCUT2D eigenvalue weighted by molar-refractivity contribution is 6.19. The van der Waals surface area contributed by atoms with Gasteiger partial charge in [-0.2, -0.15) is 0 Å². The first-order valence-corrected chi connectivity index (χ1v) is 6.82. The molecule has 0 saturated carbocycles. The van der Waals surface area contributed by atoms with Crippen molar-refractivity contribution in [3.63, 3.8) is 0 Å². The molecule has 0 atom stereocenters. The van der Waals surface area contributed by atoms with Gasteiger partial charge in [0, 0.05) is 0 Å². The van der Waals surface area contributed by atoms with Crippen molar-refractivity contribution in [3.05, 3.63) is 65.7 Å². The van der Waals surface area contributed by atoms with Gasteiger partial charge in [0.15, 0.2) is 6.79 Å². The third kappa shape index (κ3) is 4.62. The summed E-state index contributed by atoms with van der Waals surface area (Å²) >= 11 is 5.56. The Kier molecular flexibility index (Phi) is 5.98. The average Bonchev–Trinajstić information content (AvgIpc) is 2.51. The molecular weight excluding hydrogens is 272 g/mol. The summed E-state index contributed by atoms with van der Waals surface area (Å²) in [5.41, 5.74) is 1.93. The smallest absolute Gasteiger partial charge is 0.189 e. The van der Waals surface area contributed by atoms with Crippen LogP contribution in [0.4, 0.5) is 0 Å². The fraction of sp³-hybridized carbons (Fsp3) is 0.176. The summed E-state index contributed by atoms with van der Waals surface area (Å²) in [6.07, 6.45) is 0. The SMILES string of the molecule is ClCC#Cc1ccccc1OCOCc1ccccc1. The maximum Gasteiger partial charge on any atom is 0.189 e. The summed E-state index contributed by atoms with van der Waals surface area (Å²) in [6.45, 7) is 0.713. The lowest BCUT2D eigenvalue weighted by atomic mass is 10.2. The van der Waals surface area contributed by atoms with Crippen LogP contribution >= 0.6 is 11.6 Å². The van der Waals surface area contributed by atoms with Crippen LogP contribution in [-0.2, 0) is 11.3 Å². The number of alkyl halides is 1. The Bertz CT molecular complexity index is 585. The van der Waals surface area contributed by atoms with Gasteiger partial charge in [0.1, 0.15) is 5.75 Å². The van der Waals surface area contributed by atoms with Crippen LogP contribution in [0.25, 0.3) is 0 Å². The van der Waals surface area contributed by atoms with Crippen LogP contribution in [0.1, 0.15) is 11.1 Å². The van der Waals surface area contributed by atoms with Crippen molar-refractivity contribution in [2.24, 2.45) is 0 Å². The van der Waals surface area contributed by atoms with Crippen LogP contribution in [0.15, 0.2) is 54.6 Å². The summed E-state index contributed by atoms with van der Waals surface area (Å²) in [5.74, 6) is 6.79. The maximum atomic E-state index is 5.59. The number of benzene rings is 2. The molecule has 0 aliphatic heterocycles. The molecule has 2 aromatic carbocycles. The Hall–Kier alpha value is -1.95. The van der Waals surface area contributed by atoms with E-state index in [2.05, 4.69) is 11.8 Å². The molecule has 0 heterocycles. The van der Waals surface area contributed by atoms with E-state index in [1.165, 1.54) is 0 Å². The molecule has 0 aliphatic carbocycles. The summed E-state index contributed by atoms with van der Waals surface area (Å²) in [6, 6.07) is 17.5. The molecule has 102 valence electrons. The van der Waals surface area contributed by atoms with Gasteiger partial charge in [0.05, 0.1) is 18.1 Å². The largest absolute Gasteiger partial charge is 0.466 e. The van der Waals surface area contributed by atoms with Gasteiger partial charge in [-0.05, 0) is 17.7 Å². The van der Waals surface area contributed by atoms with Gasteiger partial charge in [-0.1, -0.05) is 54.3 Å². The Morgan fingerprint density at radius 1 is 0.950 bits per heavy atom. The van der Waals surface area contributed by atoms with E-state index in [1.807, 2.05) is 54.6 Å². The van der Waals surface area contributed by atoms with Gasteiger partial charge >= 0.3 is 0 Å². The molecule has 0 spiro atoms. The summed E-state index contributed by atoms with van der Waals surface area (Å²) in [4.78, 5) is 0. The van der Waals surface area contributed by atoms with Gasteiger partial charge in [-0.15, -0.1) is 11.6 Å². The van der Waals surface area contributed by atoms with Gasteiger partial charge in [-0.3, -0.25) is 0 Å². The van der Waals surface area contributed by atoms with Crippen molar-refractivity contribution in [1.82, 2.24) is 0 Å². The summed E-state index contributed by atoms with van der Waals surface area (Å²) < 4.78 is 11.1. The lowest BCUT2D eigenvalue weighted by molar-refractivity contribution is 0.00490. The third-order valence-corrected chi connectivity index (χ3v) is 2.72. The van der Waals surface area contributed by atoms with Crippen molar-refractivity contribution in [3.8, 4) is 17.6 Å². The van der Waals surface area contributed by atoms with Crippen molar-refractivity contribution >= 4 is 11.6 Å². The topological polar surface area (TPSA) is 18.5 Å². The van der Waals surface area contributed by atoms with E-state index in [0.717, 1.165) is 11.1 Å². The molecule has 2 rings (SSSR count). The molecule has 3 heteroatoms. The standard InChI is InChI=1S/C17H15ClO2/c18-12-6-10-16-9-4-5-11-17(16)20-14-19-13-15-7-2-1-3-8-15/h1-5,7-9,11H,12-14H2. The van der Waals surface area contributed by atoms with Crippen LogP contribution < -0.4 is 4.74 Å². The van der Waals surface area contributed by atoms with Gasteiger partial charge < -0.3 is 9.47 Å². The van der Waals surface area contributed by atoms with Crippen molar-refractivity contribution < 1.29 is 9.47 Å². The molecule has 0 unspecified atom stereocenters. The van der Waals surface area contributed by atoms with Gasteiger partial charge in [-0.25, -0.2) is 0 Å². The van der Waals surface area contributed by atoms with E-state index >= 15 is 0 Å². The quantitative estimate of drug-likeness (QED) is 0.360. The van der Waals surface area contributed by atoms with E-state index in [-0.39, 0.29) is 6.79 Å². The first-order chi connectivity index (χ1) is 9.90. The van der Waals surface area contributed by atoms with Crippen molar-refractivity contribution in [2.45, 2.75) is 6.61 Å². The maximum absolute atomic E-state index is 5.59. The van der Waals surface area contributed by atoms with E-state index in [0.29, 0.717) is 18.2 Å². The van der Waals surface area contributed by atoms with Crippen LogP contribution in [0.5, 0.6) is 5.75 Å². The molecule has 0 radical (unpaired) electrons. The number of hydrogen-bond acceptors (Lipinski definition) is 2. The predicted octanol–water partition coefficient (Wildman–Crippen LogP) is 3.83. The molecule has 0 N–H and O–H groups in total. The number of halogens is 1. The molecule has 0 bridgehead atoms. The van der Waals surface area contributed by atoms with Crippen LogP contribution in [0.2, 0.25) is 0 Å². The summed E-state index contributed by atoms with van der Waals surface area (Å²) in [7, 11) is 0. The third-order valence-electron chi connectivity index (χ3n) is 2.59. The molecule has 0 saturated heterocycles. The molecule has 20 heavy (non-hydrogen) atoms. The Labute approximate surface area is 124 Å². The Morgan fingerprint density at radius 3 is 2.50 bits per heavy atom. The molecular formula is C17H15ClO2. The molecule has 0 aromatic heterocycles. The second-order valence-electron chi connectivity index (χ2n) is 4.03. The van der Waals surface area contributed by atoms with E-state index < -0.39 is 0 Å². The van der Waals surface area contributed by atoms with Gasteiger partial charge in [0.25, 0.3) is 0 Å². The first-order valence-electron chi connectivity index (χ1n) is 6.28. The molecule has 2 aromatic rings. The normalized spacial score (nSPS) is 9.65. The van der Waals surface area contributed by atoms with Gasteiger partial charge in [0.2, 0.25) is 0 Å². The molecule has 0 fully saturated rings. The monoisotopic (exact) mass is 286 g/mol. The van der Waals surface area contributed by atoms with Crippen LogP contribution in [-0.4, -0.2) is 12.7 Å². The predicted molar refractivity (Wildman–Crippen MR) is 80.8 cm³/mol. The number of rotatable bonds is 5. The number of para-hydroxylation sites is 1. The van der Waals surface area contributed by atoms with E-state index in [1.54, 1.807) is 0 Å². The molecule has 0 amide bonds. The lowest BCUT2D eigenvalue weighted by Gasteiger charge is -2.08. The zero-order valence-electron chi connectivity index (χ0n) is 11.0. The van der Waals surface area contributed by atoms with Crippen molar-refractivity contribution in [2.75, 3.05) is 12.7 Å². The minimum absolute atomic E-state index is 0.189. The van der Waals surface area contributed by atoms with Crippen LogP contribution in [0.3, 0.4) is 0 Å². The fourth-order valence-electron chi connectivity index (χ4n) is 1.66. The van der Waals surface area contributed by atoms with E-state index in [4.69, 9.17) is 21.1 Å². The number of hydrogen-bond donors (Lipinski definition) is 0. The highest BCUT2D eigenvalue weighted by Crippen LogP contribution is 2.16. The molecule has 0 aliphatic rings. The second-order valence-corrected chi connectivity index (χ2v) is 4.30. The molecule has 2 nitrogen and oxygen atoms in total. The highest BCUT2D eigenvalue weighted by Gasteiger charge is 2.00. The van der Waals surface area contributed by atoms with Crippen molar-refractivity contribution in [1.29, 1.82) is 0 Å². The summed E-state index contributed by atoms with van der Waals surface area (Å²) in [5, 5.41) is 0. The van der Waals surface area contributed by atoms with E-state index in [9.17, 15) is 0 Å². The zero-order chi connectivity index (χ0) is 14.0. The lowest BCUT2D eigenvalue weighted by Crippen LogP contribution is -2.04. The van der Waals surface area contributed by atoms with Crippen LogP contribution in [0, 0.1) is 11.8 Å². The Morgan fingerprint density at radius 2 is 1.70 bits per heavy atom. The fourth-order valence-corrected chi connectivity index (χ4v) is 1.73. The Balaban J connectivity index is 1.85. The zero-order valence-corrected chi connectivity index (χ0v) is 11.8. The minimum Gasteiger partial charge on any atom is -0.466 e. The highest BCUT2D eigenvalue weighted by atomic mass is 35.5. The number of ether oxygens (including phenoxy) is 2. The minimum atomic E-state index is 0.189.